The number of fused-ring (bicyclic) bond motifs is 1. The van der Waals surface area contributed by atoms with Crippen LogP contribution in [0.15, 0.2) is 30.5 Å². The Labute approximate surface area is 165 Å². The lowest BCUT2D eigenvalue weighted by Crippen LogP contribution is -2.53. The Kier molecular flexibility index (Phi) is 5.55. The third-order valence-corrected chi connectivity index (χ3v) is 7.75. The molecule has 8 heteroatoms. The first-order chi connectivity index (χ1) is 13.1. The molecule has 2 aliphatic heterocycles. The first-order valence-electron chi connectivity index (χ1n) is 9.60. The zero-order valence-corrected chi connectivity index (χ0v) is 16.9. The number of benzene rings is 1. The minimum Gasteiger partial charge on any atom is -0.368 e. The zero-order valence-electron chi connectivity index (χ0n) is 15.3. The van der Waals surface area contributed by atoms with Crippen LogP contribution in [0.1, 0.15) is 25.7 Å². The van der Waals surface area contributed by atoms with Crippen LogP contribution < -0.4 is 4.90 Å². The molecule has 0 aliphatic carbocycles. The second-order valence-electron chi connectivity index (χ2n) is 7.20. The van der Waals surface area contributed by atoms with Gasteiger partial charge in [0.25, 0.3) is 10.2 Å². The van der Waals surface area contributed by atoms with Crippen LogP contribution in [0.3, 0.4) is 0 Å². The van der Waals surface area contributed by atoms with Crippen molar-refractivity contribution in [3.63, 3.8) is 0 Å². The Hall–Kier alpha value is -1.41. The van der Waals surface area contributed by atoms with Crippen molar-refractivity contribution in [3.05, 3.63) is 35.5 Å². The second kappa shape index (κ2) is 7.91. The van der Waals surface area contributed by atoms with E-state index in [2.05, 4.69) is 9.88 Å². The van der Waals surface area contributed by atoms with Crippen LogP contribution in [-0.4, -0.2) is 61.3 Å². The standard InChI is InChI=1S/C19H25ClN4O2S/c20-16-5-6-17-18(15-16)21-8-7-19(17)22-11-13-24(14-12-22)27(25,26)23-9-3-1-2-4-10-23/h5-8,15H,1-4,9-14H2. The highest BCUT2D eigenvalue weighted by atomic mass is 35.5. The van der Waals surface area contributed by atoms with Gasteiger partial charge in [-0.1, -0.05) is 24.4 Å². The summed E-state index contributed by atoms with van der Waals surface area (Å²) in [5.41, 5.74) is 1.95. The van der Waals surface area contributed by atoms with Crippen LogP contribution in [0.25, 0.3) is 10.9 Å². The van der Waals surface area contributed by atoms with Crippen LogP contribution >= 0.6 is 11.6 Å². The fourth-order valence-corrected chi connectivity index (χ4v) is 5.81. The average molecular weight is 409 g/mol. The summed E-state index contributed by atoms with van der Waals surface area (Å²) in [7, 11) is -3.35. The van der Waals surface area contributed by atoms with Crippen LogP contribution in [-0.2, 0) is 10.2 Å². The summed E-state index contributed by atoms with van der Waals surface area (Å²) in [6, 6.07) is 7.71. The number of hydrogen-bond donors (Lipinski definition) is 0. The molecule has 0 bridgehead atoms. The molecule has 3 heterocycles. The number of anilines is 1. The lowest BCUT2D eigenvalue weighted by atomic mass is 10.1. The topological polar surface area (TPSA) is 56.8 Å². The largest absolute Gasteiger partial charge is 0.368 e. The zero-order chi connectivity index (χ0) is 18.9. The molecule has 1 aromatic carbocycles. The van der Waals surface area contributed by atoms with E-state index < -0.39 is 10.2 Å². The Morgan fingerprint density at radius 2 is 1.52 bits per heavy atom. The number of halogens is 1. The van der Waals surface area contributed by atoms with Crippen molar-refractivity contribution in [2.24, 2.45) is 0 Å². The molecular weight excluding hydrogens is 384 g/mol. The van der Waals surface area contributed by atoms with Gasteiger partial charge in [-0.3, -0.25) is 4.98 Å². The van der Waals surface area contributed by atoms with Crippen LogP contribution in [0.2, 0.25) is 5.02 Å². The van der Waals surface area contributed by atoms with Crippen molar-refractivity contribution in [2.45, 2.75) is 25.7 Å². The van der Waals surface area contributed by atoms with Gasteiger partial charge >= 0.3 is 0 Å². The van der Waals surface area contributed by atoms with Crippen LogP contribution in [0.4, 0.5) is 5.69 Å². The molecular formula is C19H25ClN4O2S. The summed E-state index contributed by atoms with van der Waals surface area (Å²) < 4.78 is 29.3. The maximum atomic E-state index is 13.0. The van der Waals surface area contributed by atoms with E-state index in [0.717, 1.165) is 42.3 Å². The predicted octanol–water partition coefficient (Wildman–Crippen LogP) is 3.13. The van der Waals surface area contributed by atoms with Crippen molar-refractivity contribution < 1.29 is 8.42 Å². The summed E-state index contributed by atoms with van der Waals surface area (Å²) in [6.45, 7) is 3.67. The Balaban J connectivity index is 1.49. The lowest BCUT2D eigenvalue weighted by molar-refractivity contribution is 0.327. The lowest BCUT2D eigenvalue weighted by Gasteiger charge is -2.37. The van der Waals surface area contributed by atoms with E-state index in [-0.39, 0.29) is 0 Å². The van der Waals surface area contributed by atoms with E-state index in [1.807, 2.05) is 24.3 Å². The Bertz CT molecular complexity index is 905. The predicted molar refractivity (Wildman–Crippen MR) is 109 cm³/mol. The first-order valence-corrected chi connectivity index (χ1v) is 11.4. The molecule has 0 unspecified atom stereocenters. The average Bonchev–Trinajstić information content (AvgIpc) is 2.97. The number of nitrogens with zero attached hydrogens (tertiary/aromatic N) is 4. The van der Waals surface area contributed by atoms with Gasteiger partial charge in [-0.05, 0) is 37.1 Å². The molecule has 2 fully saturated rings. The van der Waals surface area contributed by atoms with Crippen molar-refractivity contribution in [3.8, 4) is 0 Å². The van der Waals surface area contributed by atoms with Gasteiger partial charge < -0.3 is 4.90 Å². The minimum atomic E-state index is -3.35. The smallest absolute Gasteiger partial charge is 0.282 e. The molecule has 0 amide bonds. The number of piperazine rings is 1. The third kappa shape index (κ3) is 3.92. The van der Waals surface area contributed by atoms with E-state index in [9.17, 15) is 8.42 Å². The molecule has 6 nitrogen and oxygen atoms in total. The number of rotatable bonds is 3. The van der Waals surface area contributed by atoms with Gasteiger partial charge in [0.15, 0.2) is 0 Å². The molecule has 2 aromatic rings. The van der Waals surface area contributed by atoms with Gasteiger partial charge in [0.1, 0.15) is 0 Å². The van der Waals surface area contributed by atoms with Crippen LogP contribution in [0.5, 0.6) is 0 Å². The molecule has 0 saturated carbocycles. The summed E-state index contributed by atoms with van der Waals surface area (Å²) in [4.78, 5) is 6.64. The number of aromatic nitrogens is 1. The maximum Gasteiger partial charge on any atom is 0.282 e. The molecule has 4 rings (SSSR count). The van der Waals surface area contributed by atoms with Crippen molar-refractivity contribution >= 4 is 38.4 Å². The number of hydrogen-bond acceptors (Lipinski definition) is 4. The van der Waals surface area contributed by atoms with Gasteiger partial charge in [0, 0.05) is 61.6 Å². The molecule has 2 aliphatic rings. The van der Waals surface area contributed by atoms with Gasteiger partial charge in [-0.15, -0.1) is 0 Å². The molecule has 0 atom stereocenters. The van der Waals surface area contributed by atoms with E-state index in [1.54, 1.807) is 14.8 Å². The highest BCUT2D eigenvalue weighted by molar-refractivity contribution is 7.86. The molecule has 2 saturated heterocycles. The first kappa shape index (κ1) is 18.9. The van der Waals surface area contributed by atoms with E-state index >= 15 is 0 Å². The van der Waals surface area contributed by atoms with Crippen molar-refractivity contribution in [2.75, 3.05) is 44.2 Å². The second-order valence-corrected chi connectivity index (χ2v) is 9.56. The Morgan fingerprint density at radius 3 is 2.22 bits per heavy atom. The SMILES string of the molecule is O=S(=O)(N1CCCCCC1)N1CCN(c2ccnc3cc(Cl)ccc23)CC1. The summed E-state index contributed by atoms with van der Waals surface area (Å²) >= 11 is 6.08. The minimum absolute atomic E-state index is 0.510. The monoisotopic (exact) mass is 408 g/mol. The molecule has 0 spiro atoms. The molecule has 1 aromatic heterocycles. The van der Waals surface area contributed by atoms with Gasteiger partial charge in [0.05, 0.1) is 5.52 Å². The highest BCUT2D eigenvalue weighted by Gasteiger charge is 2.32. The quantitative estimate of drug-likeness (QED) is 0.782. The summed E-state index contributed by atoms with van der Waals surface area (Å²) in [6.07, 6.45) is 5.96. The normalized spacial score (nSPS) is 20.7. The fraction of sp³-hybridized carbons (Fsp3) is 0.526. The molecule has 0 radical (unpaired) electrons. The van der Waals surface area contributed by atoms with E-state index in [1.165, 1.54) is 0 Å². The maximum absolute atomic E-state index is 13.0. The van der Waals surface area contributed by atoms with Crippen LogP contribution in [0, 0.1) is 0 Å². The summed E-state index contributed by atoms with van der Waals surface area (Å²) in [5, 5.41) is 1.71. The Morgan fingerprint density at radius 1 is 0.852 bits per heavy atom. The van der Waals surface area contributed by atoms with Gasteiger partial charge in [-0.2, -0.15) is 17.0 Å². The van der Waals surface area contributed by atoms with E-state index in [4.69, 9.17) is 11.6 Å². The van der Waals surface area contributed by atoms with Crippen molar-refractivity contribution in [1.82, 2.24) is 13.6 Å². The molecule has 146 valence electrons. The van der Waals surface area contributed by atoms with Crippen molar-refractivity contribution in [1.29, 1.82) is 0 Å². The number of pyridine rings is 1. The molecule has 27 heavy (non-hydrogen) atoms. The third-order valence-electron chi connectivity index (χ3n) is 5.48. The molecule has 0 N–H and O–H groups in total. The van der Waals surface area contributed by atoms with E-state index in [0.29, 0.717) is 44.3 Å². The van der Waals surface area contributed by atoms with Gasteiger partial charge in [-0.25, -0.2) is 0 Å². The summed E-state index contributed by atoms with van der Waals surface area (Å²) in [5.74, 6) is 0. The van der Waals surface area contributed by atoms with Gasteiger partial charge in [0.2, 0.25) is 0 Å². The fourth-order valence-electron chi connectivity index (χ4n) is 3.98. The highest BCUT2D eigenvalue weighted by Crippen LogP contribution is 2.29.